The van der Waals surface area contributed by atoms with Gasteiger partial charge in [-0.25, -0.2) is 4.39 Å². The van der Waals surface area contributed by atoms with E-state index in [-0.39, 0.29) is 33.2 Å². The first kappa shape index (κ1) is 16.6. The lowest BCUT2D eigenvalue weighted by Gasteiger charge is -2.14. The third-order valence-corrected chi connectivity index (χ3v) is 4.33. The van der Waals surface area contributed by atoms with Gasteiger partial charge in [-0.1, -0.05) is 18.2 Å². The molecule has 0 N–H and O–H groups in total. The highest BCUT2D eigenvalue weighted by Gasteiger charge is 2.18. The van der Waals surface area contributed by atoms with Gasteiger partial charge in [0.05, 0.1) is 16.4 Å². The lowest BCUT2D eigenvalue weighted by molar-refractivity contribution is -0.0505. The van der Waals surface area contributed by atoms with E-state index in [1.807, 2.05) is 0 Å². The summed E-state index contributed by atoms with van der Waals surface area (Å²) in [7, 11) is 1.49. The number of hydrogen-bond acceptors (Lipinski definition) is 2. The number of benzene rings is 2. The van der Waals surface area contributed by atoms with Crippen LogP contribution < -0.4 is 10.3 Å². The highest BCUT2D eigenvalue weighted by molar-refractivity contribution is 9.10. The van der Waals surface area contributed by atoms with Crippen LogP contribution in [0.1, 0.15) is 5.56 Å². The summed E-state index contributed by atoms with van der Waals surface area (Å²) in [6.45, 7) is -2.96. The monoisotopic (exact) mass is 400 g/mol. The Hall–Kier alpha value is -2.22. The Morgan fingerprint density at radius 1 is 1.21 bits per heavy atom. The van der Waals surface area contributed by atoms with E-state index in [4.69, 9.17) is 0 Å². The van der Waals surface area contributed by atoms with Crippen LogP contribution in [0.25, 0.3) is 10.9 Å². The number of alkyl halides is 2. The molecular weight excluding hydrogens is 389 g/mol. The van der Waals surface area contributed by atoms with Crippen LogP contribution >= 0.6 is 15.9 Å². The molecule has 8 heteroatoms. The zero-order chi connectivity index (χ0) is 17.4. The van der Waals surface area contributed by atoms with Gasteiger partial charge in [-0.15, -0.1) is 0 Å². The molecule has 0 unspecified atom stereocenters. The van der Waals surface area contributed by atoms with Crippen LogP contribution in [0, 0.1) is 5.82 Å². The van der Waals surface area contributed by atoms with Gasteiger partial charge in [0.25, 0.3) is 5.56 Å². The number of hydrogen-bond donors (Lipinski definition) is 0. The third-order valence-electron chi connectivity index (χ3n) is 3.72. The molecule has 3 aromatic rings. The van der Waals surface area contributed by atoms with Crippen molar-refractivity contribution in [2.45, 2.75) is 13.2 Å². The number of fused-ring (bicyclic) bond motifs is 1. The van der Waals surface area contributed by atoms with Crippen LogP contribution in [0.2, 0.25) is 0 Å². The van der Waals surface area contributed by atoms with Crippen LogP contribution in [0.5, 0.6) is 5.75 Å². The van der Waals surface area contributed by atoms with Gasteiger partial charge in [-0.2, -0.15) is 8.78 Å². The van der Waals surface area contributed by atoms with Crippen molar-refractivity contribution in [1.29, 1.82) is 0 Å². The minimum absolute atomic E-state index is 0.00546. The van der Waals surface area contributed by atoms with E-state index in [9.17, 15) is 18.0 Å². The average molecular weight is 401 g/mol. The molecule has 0 amide bonds. The molecule has 2 aromatic carbocycles. The van der Waals surface area contributed by atoms with Crippen molar-refractivity contribution in [3.05, 3.63) is 62.6 Å². The molecule has 3 rings (SSSR count). The van der Waals surface area contributed by atoms with Crippen molar-refractivity contribution >= 4 is 26.8 Å². The zero-order valence-corrected chi connectivity index (χ0v) is 14.1. The SMILES string of the molecule is Cn1c(=O)c2ccc(Br)c(F)c2n1Cc1ccccc1OC(F)F. The number of nitrogens with zero attached hydrogens (tertiary/aromatic N) is 2. The molecule has 0 fully saturated rings. The Morgan fingerprint density at radius 2 is 1.92 bits per heavy atom. The van der Waals surface area contributed by atoms with E-state index in [0.29, 0.717) is 5.56 Å². The Morgan fingerprint density at radius 3 is 2.62 bits per heavy atom. The minimum Gasteiger partial charge on any atom is -0.434 e. The zero-order valence-electron chi connectivity index (χ0n) is 12.5. The maximum atomic E-state index is 14.5. The predicted octanol–water partition coefficient (Wildman–Crippen LogP) is 3.89. The van der Waals surface area contributed by atoms with Crippen molar-refractivity contribution in [1.82, 2.24) is 9.36 Å². The molecule has 0 atom stereocenters. The fourth-order valence-electron chi connectivity index (χ4n) is 2.59. The normalized spacial score (nSPS) is 11.4. The summed E-state index contributed by atoms with van der Waals surface area (Å²) in [5.74, 6) is -0.602. The van der Waals surface area contributed by atoms with Gasteiger partial charge < -0.3 is 4.74 Å². The smallest absolute Gasteiger partial charge is 0.387 e. The second-order valence-corrected chi connectivity index (χ2v) is 5.98. The van der Waals surface area contributed by atoms with Crippen LogP contribution in [-0.4, -0.2) is 16.0 Å². The Bertz CT molecular complexity index is 966. The first-order valence-corrected chi connectivity index (χ1v) is 7.75. The number of aromatic nitrogens is 2. The molecule has 126 valence electrons. The summed E-state index contributed by atoms with van der Waals surface area (Å²) in [4.78, 5) is 12.3. The number of para-hydroxylation sites is 1. The summed E-state index contributed by atoms with van der Waals surface area (Å²) in [5.41, 5.74) is 0.136. The molecule has 0 bridgehead atoms. The van der Waals surface area contributed by atoms with Gasteiger partial charge in [0, 0.05) is 12.6 Å². The maximum Gasteiger partial charge on any atom is 0.387 e. The maximum absolute atomic E-state index is 14.5. The largest absolute Gasteiger partial charge is 0.434 e. The number of rotatable bonds is 4. The Kier molecular flexibility index (Phi) is 4.40. The molecule has 24 heavy (non-hydrogen) atoms. The fraction of sp³-hybridized carbons (Fsp3) is 0.188. The minimum atomic E-state index is -2.97. The summed E-state index contributed by atoms with van der Waals surface area (Å²) in [5, 5.41) is 0.213. The highest BCUT2D eigenvalue weighted by Crippen LogP contribution is 2.26. The second-order valence-electron chi connectivity index (χ2n) is 5.13. The quantitative estimate of drug-likeness (QED) is 0.665. The van der Waals surface area contributed by atoms with Gasteiger partial charge in [0.1, 0.15) is 11.3 Å². The van der Waals surface area contributed by atoms with E-state index in [1.54, 1.807) is 18.2 Å². The molecule has 0 aliphatic heterocycles. The summed E-state index contributed by atoms with van der Waals surface area (Å²) < 4.78 is 46.9. The topological polar surface area (TPSA) is 36.2 Å². The van der Waals surface area contributed by atoms with Crippen LogP contribution in [0.15, 0.2) is 45.7 Å². The van der Waals surface area contributed by atoms with Crippen molar-refractivity contribution in [2.24, 2.45) is 7.05 Å². The number of halogens is 4. The summed E-state index contributed by atoms with van der Waals surface area (Å²) >= 11 is 3.09. The van der Waals surface area contributed by atoms with E-state index in [1.165, 1.54) is 34.6 Å². The fourth-order valence-corrected chi connectivity index (χ4v) is 2.91. The van der Waals surface area contributed by atoms with Crippen LogP contribution in [0.4, 0.5) is 13.2 Å². The van der Waals surface area contributed by atoms with E-state index in [0.717, 1.165) is 0 Å². The second kappa shape index (κ2) is 6.35. The Balaban J connectivity index is 2.17. The number of ether oxygens (including phenoxy) is 1. The summed E-state index contributed by atoms with van der Waals surface area (Å²) in [6, 6.07) is 9.18. The molecular formula is C16H12BrF3N2O2. The van der Waals surface area contributed by atoms with Crippen LogP contribution in [0.3, 0.4) is 0 Å². The van der Waals surface area contributed by atoms with Gasteiger partial charge in [0.2, 0.25) is 0 Å². The van der Waals surface area contributed by atoms with Gasteiger partial charge in [0.15, 0.2) is 5.82 Å². The van der Waals surface area contributed by atoms with Crippen molar-refractivity contribution in [3.63, 3.8) is 0 Å². The first-order valence-electron chi connectivity index (χ1n) is 6.96. The van der Waals surface area contributed by atoms with Crippen LogP contribution in [-0.2, 0) is 13.6 Å². The summed E-state index contributed by atoms with van der Waals surface area (Å²) in [6.07, 6.45) is 0. The van der Waals surface area contributed by atoms with E-state index in [2.05, 4.69) is 20.7 Å². The predicted molar refractivity (Wildman–Crippen MR) is 87.0 cm³/mol. The van der Waals surface area contributed by atoms with Crippen molar-refractivity contribution in [3.8, 4) is 5.75 Å². The Labute approximate surface area is 143 Å². The first-order chi connectivity index (χ1) is 11.4. The van der Waals surface area contributed by atoms with E-state index >= 15 is 0 Å². The lowest BCUT2D eigenvalue weighted by atomic mass is 10.2. The lowest BCUT2D eigenvalue weighted by Crippen LogP contribution is -2.20. The average Bonchev–Trinajstić information content (AvgIpc) is 2.78. The molecule has 0 spiro atoms. The van der Waals surface area contributed by atoms with Gasteiger partial charge in [-0.3, -0.25) is 14.2 Å². The molecule has 0 aliphatic carbocycles. The molecule has 1 heterocycles. The van der Waals surface area contributed by atoms with Crippen molar-refractivity contribution < 1.29 is 17.9 Å². The highest BCUT2D eigenvalue weighted by atomic mass is 79.9. The van der Waals surface area contributed by atoms with Gasteiger partial charge in [-0.05, 0) is 34.1 Å². The molecule has 0 saturated carbocycles. The molecule has 0 aliphatic rings. The molecule has 1 aromatic heterocycles. The van der Waals surface area contributed by atoms with Crippen molar-refractivity contribution in [2.75, 3.05) is 0 Å². The molecule has 0 radical (unpaired) electrons. The van der Waals surface area contributed by atoms with E-state index < -0.39 is 12.4 Å². The molecule has 0 saturated heterocycles. The standard InChI is InChI=1S/C16H12BrF3N2O2/c1-21-15(23)10-6-7-11(17)13(18)14(10)22(21)8-9-4-2-3-5-12(9)24-16(19)20/h2-7,16H,8H2,1H3. The van der Waals surface area contributed by atoms with Gasteiger partial charge >= 0.3 is 6.61 Å². The third kappa shape index (κ3) is 2.82. The molecule has 4 nitrogen and oxygen atoms in total.